The molecule has 0 spiro atoms. The highest BCUT2D eigenvalue weighted by atomic mass is 19.1. The molecule has 0 bridgehead atoms. The van der Waals surface area contributed by atoms with E-state index in [9.17, 15) is 9.50 Å². The summed E-state index contributed by atoms with van der Waals surface area (Å²) in [7, 11) is 0. The van der Waals surface area contributed by atoms with Crippen LogP contribution >= 0.6 is 0 Å². The second kappa shape index (κ2) is 4.93. The van der Waals surface area contributed by atoms with Crippen LogP contribution in [0.25, 0.3) is 5.69 Å². The minimum atomic E-state index is -0.961. The van der Waals surface area contributed by atoms with Crippen LogP contribution in [0.2, 0.25) is 0 Å². The molecule has 1 atom stereocenters. The Labute approximate surface area is 110 Å². The van der Waals surface area contributed by atoms with Crippen LogP contribution in [-0.4, -0.2) is 37.0 Å². The van der Waals surface area contributed by atoms with Crippen LogP contribution in [0.5, 0.6) is 0 Å². The number of rotatable bonds is 4. The van der Waals surface area contributed by atoms with Crippen molar-refractivity contribution in [2.45, 2.75) is 32.4 Å². The van der Waals surface area contributed by atoms with Crippen molar-refractivity contribution in [1.82, 2.24) is 20.2 Å². The zero-order valence-corrected chi connectivity index (χ0v) is 11.0. The maximum absolute atomic E-state index is 13.8. The predicted molar refractivity (Wildman–Crippen MR) is 68.5 cm³/mol. The lowest BCUT2D eigenvalue weighted by molar-refractivity contribution is 0.0648. The highest BCUT2D eigenvalue weighted by molar-refractivity contribution is 5.52. The maximum atomic E-state index is 13.8. The molecule has 1 unspecified atom stereocenters. The molecule has 0 amide bonds. The van der Waals surface area contributed by atoms with Gasteiger partial charge in [0.25, 0.3) is 0 Å². The van der Waals surface area contributed by atoms with Crippen LogP contribution in [0.1, 0.15) is 20.8 Å². The van der Waals surface area contributed by atoms with E-state index in [1.165, 1.54) is 17.1 Å². The third kappa shape index (κ3) is 3.05. The third-order valence-electron chi connectivity index (χ3n) is 3.00. The molecule has 0 fully saturated rings. The van der Waals surface area contributed by atoms with Crippen molar-refractivity contribution in [3.8, 4) is 5.69 Å². The number of hydrogen-bond donors (Lipinski definition) is 2. The molecule has 102 valence electrons. The number of nitrogens with zero attached hydrogens (tertiary/aromatic N) is 4. The molecular weight excluding hydrogens is 249 g/mol. The van der Waals surface area contributed by atoms with Gasteiger partial charge in [0.1, 0.15) is 12.1 Å². The molecule has 0 aliphatic rings. The fourth-order valence-electron chi connectivity index (χ4n) is 1.46. The molecule has 2 rings (SSSR count). The van der Waals surface area contributed by atoms with Crippen LogP contribution in [0.15, 0.2) is 24.5 Å². The zero-order chi connectivity index (χ0) is 14.0. The topological polar surface area (TPSA) is 75.9 Å². The maximum Gasteiger partial charge on any atom is 0.146 e. The van der Waals surface area contributed by atoms with E-state index >= 15 is 0 Å². The lowest BCUT2D eigenvalue weighted by atomic mass is 10.0. The second-order valence-corrected chi connectivity index (χ2v) is 4.94. The van der Waals surface area contributed by atoms with Gasteiger partial charge >= 0.3 is 0 Å². The van der Waals surface area contributed by atoms with Gasteiger partial charge in [0.05, 0.1) is 23.0 Å². The number of aromatic nitrogens is 4. The minimum absolute atomic E-state index is 0.294. The van der Waals surface area contributed by atoms with Gasteiger partial charge in [-0.15, -0.1) is 5.10 Å². The van der Waals surface area contributed by atoms with Crippen LogP contribution in [0, 0.1) is 5.82 Å². The third-order valence-corrected chi connectivity index (χ3v) is 3.00. The highest BCUT2D eigenvalue weighted by Crippen LogP contribution is 2.21. The fourth-order valence-corrected chi connectivity index (χ4v) is 1.46. The standard InChI is InChI=1S/C12H16FN5O/c1-8(12(2,3)19)15-11-6-9(4-5-10(11)13)18-7-14-16-17-18/h4-8,15,19H,1-3H3. The minimum Gasteiger partial charge on any atom is -0.388 e. The first kappa shape index (κ1) is 13.4. The van der Waals surface area contributed by atoms with Crippen molar-refractivity contribution < 1.29 is 9.50 Å². The Hall–Kier alpha value is -2.02. The Morgan fingerprint density at radius 2 is 2.16 bits per heavy atom. The highest BCUT2D eigenvalue weighted by Gasteiger charge is 2.23. The molecule has 0 aliphatic carbocycles. The van der Waals surface area contributed by atoms with Crippen LogP contribution < -0.4 is 5.32 Å². The zero-order valence-electron chi connectivity index (χ0n) is 11.0. The molecule has 6 nitrogen and oxygen atoms in total. The van der Waals surface area contributed by atoms with Gasteiger partial charge in [-0.1, -0.05) is 0 Å². The summed E-state index contributed by atoms with van der Waals surface area (Å²) in [4.78, 5) is 0. The summed E-state index contributed by atoms with van der Waals surface area (Å²) < 4.78 is 15.2. The summed E-state index contributed by atoms with van der Waals surface area (Å²) in [6.45, 7) is 5.10. The van der Waals surface area contributed by atoms with Crippen molar-refractivity contribution in [1.29, 1.82) is 0 Å². The Balaban J connectivity index is 2.28. The van der Waals surface area contributed by atoms with E-state index in [1.807, 2.05) is 0 Å². The second-order valence-electron chi connectivity index (χ2n) is 4.94. The van der Waals surface area contributed by atoms with Crippen molar-refractivity contribution in [2.75, 3.05) is 5.32 Å². The van der Waals surface area contributed by atoms with Crippen molar-refractivity contribution in [2.24, 2.45) is 0 Å². The molecule has 2 aromatic rings. The number of benzene rings is 1. The molecule has 0 saturated heterocycles. The Kier molecular flexibility index (Phi) is 3.48. The van der Waals surface area contributed by atoms with Gasteiger partial charge in [-0.05, 0) is 49.4 Å². The summed E-state index contributed by atoms with van der Waals surface area (Å²) in [5, 5.41) is 23.6. The smallest absolute Gasteiger partial charge is 0.146 e. The molecule has 1 heterocycles. The number of nitrogens with one attached hydrogen (secondary N) is 1. The van der Waals surface area contributed by atoms with Crippen LogP contribution in [0.3, 0.4) is 0 Å². The average Bonchev–Trinajstić information content (AvgIpc) is 2.84. The molecular formula is C12H16FN5O. The summed E-state index contributed by atoms with van der Waals surface area (Å²) in [6.07, 6.45) is 1.43. The van der Waals surface area contributed by atoms with Gasteiger partial charge in [0.2, 0.25) is 0 Å². The Bertz CT molecular complexity index is 550. The Morgan fingerprint density at radius 3 is 2.74 bits per heavy atom. The van der Waals surface area contributed by atoms with Gasteiger partial charge < -0.3 is 10.4 Å². The van der Waals surface area contributed by atoms with Crippen LogP contribution in [0.4, 0.5) is 10.1 Å². The van der Waals surface area contributed by atoms with E-state index in [2.05, 4.69) is 20.8 Å². The summed E-state index contributed by atoms with van der Waals surface area (Å²) in [5.74, 6) is -0.395. The molecule has 0 aliphatic heterocycles. The molecule has 2 N–H and O–H groups in total. The van der Waals surface area contributed by atoms with Crippen LogP contribution in [-0.2, 0) is 0 Å². The molecule has 19 heavy (non-hydrogen) atoms. The monoisotopic (exact) mass is 265 g/mol. The number of tetrazole rings is 1. The SMILES string of the molecule is CC(Nc1cc(-n2cnnn2)ccc1F)C(C)(C)O. The van der Waals surface area contributed by atoms with Crippen molar-refractivity contribution in [3.05, 3.63) is 30.3 Å². The molecule has 1 aromatic heterocycles. The lowest BCUT2D eigenvalue weighted by Gasteiger charge is -2.27. The van der Waals surface area contributed by atoms with E-state index in [0.717, 1.165) is 0 Å². The summed E-state index contributed by atoms with van der Waals surface area (Å²) in [5.41, 5.74) is -0.0310. The van der Waals surface area contributed by atoms with E-state index in [-0.39, 0.29) is 6.04 Å². The summed E-state index contributed by atoms with van der Waals surface area (Å²) in [6, 6.07) is 4.18. The Morgan fingerprint density at radius 1 is 1.42 bits per heavy atom. The normalized spacial score (nSPS) is 13.3. The largest absolute Gasteiger partial charge is 0.388 e. The number of aliphatic hydroxyl groups is 1. The van der Waals surface area contributed by atoms with Gasteiger partial charge in [0.15, 0.2) is 0 Å². The average molecular weight is 265 g/mol. The predicted octanol–water partition coefficient (Wildman–Crippen LogP) is 1.37. The summed E-state index contributed by atoms with van der Waals surface area (Å²) >= 11 is 0. The van der Waals surface area contributed by atoms with Gasteiger partial charge in [-0.3, -0.25) is 0 Å². The first-order chi connectivity index (χ1) is 8.88. The van der Waals surface area contributed by atoms with Gasteiger partial charge in [-0.2, -0.15) is 0 Å². The molecule has 0 radical (unpaired) electrons. The molecule has 7 heteroatoms. The number of hydrogen-bond acceptors (Lipinski definition) is 5. The molecule has 1 aromatic carbocycles. The van der Waals surface area contributed by atoms with Gasteiger partial charge in [0, 0.05) is 0 Å². The van der Waals surface area contributed by atoms with E-state index in [1.54, 1.807) is 32.9 Å². The molecule has 0 saturated carbocycles. The van der Waals surface area contributed by atoms with E-state index in [0.29, 0.717) is 11.4 Å². The lowest BCUT2D eigenvalue weighted by Crippen LogP contribution is -2.39. The van der Waals surface area contributed by atoms with Crippen molar-refractivity contribution >= 4 is 5.69 Å². The first-order valence-electron chi connectivity index (χ1n) is 5.90. The quantitative estimate of drug-likeness (QED) is 0.873. The van der Waals surface area contributed by atoms with Gasteiger partial charge in [-0.25, -0.2) is 9.07 Å². The van der Waals surface area contributed by atoms with E-state index in [4.69, 9.17) is 0 Å². The number of halogens is 1. The van der Waals surface area contributed by atoms with Crippen molar-refractivity contribution in [3.63, 3.8) is 0 Å². The number of anilines is 1. The first-order valence-corrected chi connectivity index (χ1v) is 5.90. The fraction of sp³-hybridized carbons (Fsp3) is 0.417. The van der Waals surface area contributed by atoms with E-state index < -0.39 is 11.4 Å².